The van der Waals surface area contributed by atoms with E-state index in [-0.39, 0.29) is 5.84 Å². The average molecular weight is 293 g/mol. The van der Waals surface area contributed by atoms with Crippen LogP contribution >= 0.6 is 23.4 Å². The van der Waals surface area contributed by atoms with Crippen LogP contribution < -0.4 is 5.73 Å². The highest BCUT2D eigenvalue weighted by atomic mass is 35.5. The monoisotopic (exact) mass is 292 g/mol. The number of nitrogens with two attached hydrogens (primary N) is 1. The number of thioether (sulfide) groups is 1. The molecule has 0 saturated heterocycles. The molecule has 0 unspecified atom stereocenters. The number of nitrogens with one attached hydrogen (secondary N) is 1. The summed E-state index contributed by atoms with van der Waals surface area (Å²) in [6, 6.07) is 9.36. The van der Waals surface area contributed by atoms with Gasteiger partial charge in [0.25, 0.3) is 0 Å². The van der Waals surface area contributed by atoms with E-state index in [1.807, 2.05) is 31.2 Å². The third kappa shape index (κ3) is 3.68. The van der Waals surface area contributed by atoms with Crippen LogP contribution in [0.5, 0.6) is 0 Å². The van der Waals surface area contributed by atoms with Crippen molar-refractivity contribution in [2.75, 3.05) is 0 Å². The highest BCUT2D eigenvalue weighted by Crippen LogP contribution is 2.24. The Hall–Kier alpha value is -1.59. The predicted molar refractivity (Wildman–Crippen MR) is 78.8 cm³/mol. The Morgan fingerprint density at radius 1 is 1.37 bits per heavy atom. The van der Waals surface area contributed by atoms with E-state index in [4.69, 9.17) is 22.7 Å². The first kappa shape index (κ1) is 13.8. The molecule has 0 radical (unpaired) electrons. The maximum absolute atomic E-state index is 7.42. The standard InChI is InChI=1S/C13H13ClN4S/c1-8-6-11(12(15)16)18-13(17-8)19-7-9-4-2-3-5-10(9)14/h2-6H,7H2,1H3,(H3,15,16). The number of aryl methyl sites for hydroxylation is 1. The van der Waals surface area contributed by atoms with Crippen LogP contribution in [0, 0.1) is 12.3 Å². The van der Waals surface area contributed by atoms with Gasteiger partial charge >= 0.3 is 0 Å². The number of hydrogen-bond acceptors (Lipinski definition) is 4. The topological polar surface area (TPSA) is 75.7 Å². The lowest BCUT2D eigenvalue weighted by molar-refractivity contribution is 0.921. The van der Waals surface area contributed by atoms with Gasteiger partial charge in [-0.1, -0.05) is 41.6 Å². The Labute approximate surface area is 120 Å². The van der Waals surface area contributed by atoms with Crippen LogP contribution in [0.15, 0.2) is 35.5 Å². The molecule has 1 aromatic carbocycles. The number of aromatic nitrogens is 2. The summed E-state index contributed by atoms with van der Waals surface area (Å²) in [5.74, 6) is 0.630. The molecule has 0 atom stereocenters. The maximum Gasteiger partial charge on any atom is 0.188 e. The first-order chi connectivity index (χ1) is 9.06. The van der Waals surface area contributed by atoms with Gasteiger partial charge in [-0.2, -0.15) is 0 Å². The minimum atomic E-state index is -0.0508. The number of benzene rings is 1. The summed E-state index contributed by atoms with van der Waals surface area (Å²) in [6.45, 7) is 1.85. The molecule has 4 nitrogen and oxygen atoms in total. The Kier molecular flexibility index (Phi) is 4.39. The van der Waals surface area contributed by atoms with Crippen LogP contribution in [0.2, 0.25) is 5.02 Å². The van der Waals surface area contributed by atoms with E-state index in [0.29, 0.717) is 16.6 Å². The molecule has 2 rings (SSSR count). The highest BCUT2D eigenvalue weighted by molar-refractivity contribution is 7.98. The zero-order valence-corrected chi connectivity index (χ0v) is 11.9. The van der Waals surface area contributed by atoms with Crippen molar-refractivity contribution in [2.24, 2.45) is 5.73 Å². The van der Waals surface area contributed by atoms with Gasteiger partial charge in [-0.05, 0) is 24.6 Å². The van der Waals surface area contributed by atoms with Crippen LogP contribution in [0.25, 0.3) is 0 Å². The molecule has 1 heterocycles. The van der Waals surface area contributed by atoms with Crippen LogP contribution in [0.1, 0.15) is 17.0 Å². The summed E-state index contributed by atoms with van der Waals surface area (Å²) in [5.41, 5.74) is 7.72. The van der Waals surface area contributed by atoms with E-state index in [0.717, 1.165) is 16.3 Å². The molecule has 2 aromatic rings. The van der Waals surface area contributed by atoms with Gasteiger partial charge in [0.1, 0.15) is 11.5 Å². The molecular weight excluding hydrogens is 280 g/mol. The molecule has 19 heavy (non-hydrogen) atoms. The molecule has 0 aliphatic rings. The van der Waals surface area contributed by atoms with Crippen LogP contribution in [-0.4, -0.2) is 15.8 Å². The number of hydrogen-bond donors (Lipinski definition) is 2. The Bertz CT molecular complexity index is 615. The van der Waals surface area contributed by atoms with E-state index < -0.39 is 0 Å². The lowest BCUT2D eigenvalue weighted by atomic mass is 10.2. The van der Waals surface area contributed by atoms with Crippen LogP contribution in [0.3, 0.4) is 0 Å². The number of amidine groups is 1. The molecule has 0 bridgehead atoms. The fraction of sp³-hybridized carbons (Fsp3) is 0.154. The largest absolute Gasteiger partial charge is 0.382 e. The summed E-state index contributed by atoms with van der Waals surface area (Å²) >= 11 is 7.57. The summed E-state index contributed by atoms with van der Waals surface area (Å²) in [6.07, 6.45) is 0. The molecule has 3 N–H and O–H groups in total. The van der Waals surface area contributed by atoms with Crippen LogP contribution in [-0.2, 0) is 5.75 Å². The second-order valence-electron chi connectivity index (χ2n) is 3.97. The van der Waals surface area contributed by atoms with Crippen molar-refractivity contribution < 1.29 is 0 Å². The highest BCUT2D eigenvalue weighted by Gasteiger charge is 2.07. The number of nitrogens with zero attached hydrogens (tertiary/aromatic N) is 2. The van der Waals surface area contributed by atoms with E-state index in [1.54, 1.807) is 6.07 Å². The lowest BCUT2D eigenvalue weighted by Crippen LogP contribution is -2.14. The van der Waals surface area contributed by atoms with Gasteiger partial charge < -0.3 is 5.73 Å². The molecule has 0 spiro atoms. The van der Waals surface area contributed by atoms with E-state index in [1.165, 1.54) is 11.8 Å². The molecule has 0 amide bonds. The van der Waals surface area contributed by atoms with Crippen molar-refractivity contribution in [1.82, 2.24) is 9.97 Å². The zero-order valence-electron chi connectivity index (χ0n) is 10.4. The van der Waals surface area contributed by atoms with Gasteiger partial charge in [0.05, 0.1) is 0 Å². The quantitative estimate of drug-likeness (QED) is 0.393. The molecule has 0 aliphatic heterocycles. The molecule has 1 aromatic heterocycles. The summed E-state index contributed by atoms with van der Waals surface area (Å²) in [5, 5.41) is 8.75. The minimum absolute atomic E-state index is 0.0508. The van der Waals surface area contributed by atoms with Gasteiger partial charge in [0, 0.05) is 16.5 Å². The molecule has 0 saturated carbocycles. The Balaban J connectivity index is 2.16. The van der Waals surface area contributed by atoms with Crippen LogP contribution in [0.4, 0.5) is 0 Å². The van der Waals surface area contributed by atoms with Crippen molar-refractivity contribution in [2.45, 2.75) is 17.8 Å². The zero-order chi connectivity index (χ0) is 13.8. The lowest BCUT2D eigenvalue weighted by Gasteiger charge is -2.05. The second-order valence-corrected chi connectivity index (χ2v) is 5.32. The summed E-state index contributed by atoms with van der Waals surface area (Å²) in [4.78, 5) is 8.55. The van der Waals surface area contributed by atoms with Crippen molar-refractivity contribution in [3.63, 3.8) is 0 Å². The molecule has 98 valence electrons. The van der Waals surface area contributed by atoms with Crippen molar-refractivity contribution in [3.05, 3.63) is 52.3 Å². The predicted octanol–water partition coefficient (Wildman–Crippen LogP) is 3.01. The normalized spacial score (nSPS) is 10.4. The summed E-state index contributed by atoms with van der Waals surface area (Å²) < 4.78 is 0. The maximum atomic E-state index is 7.42. The third-order valence-corrected chi connectivity index (χ3v) is 3.69. The Morgan fingerprint density at radius 2 is 2.11 bits per heavy atom. The smallest absolute Gasteiger partial charge is 0.188 e. The van der Waals surface area contributed by atoms with Crippen molar-refractivity contribution in [1.29, 1.82) is 5.41 Å². The molecule has 6 heteroatoms. The number of nitrogen functional groups attached to an aromatic ring is 1. The van der Waals surface area contributed by atoms with Gasteiger partial charge in [0.2, 0.25) is 0 Å². The van der Waals surface area contributed by atoms with Crippen molar-refractivity contribution >= 4 is 29.2 Å². The summed E-state index contributed by atoms with van der Waals surface area (Å²) in [7, 11) is 0. The fourth-order valence-electron chi connectivity index (χ4n) is 1.50. The van der Waals surface area contributed by atoms with Crippen molar-refractivity contribution in [3.8, 4) is 0 Å². The van der Waals surface area contributed by atoms with E-state index >= 15 is 0 Å². The number of halogens is 1. The molecule has 0 fully saturated rings. The SMILES string of the molecule is Cc1cc(C(=N)N)nc(SCc2ccccc2Cl)n1. The third-order valence-electron chi connectivity index (χ3n) is 2.42. The first-order valence-corrected chi connectivity index (χ1v) is 6.99. The second kappa shape index (κ2) is 6.04. The Morgan fingerprint density at radius 3 is 2.79 bits per heavy atom. The fourth-order valence-corrected chi connectivity index (χ4v) is 2.69. The average Bonchev–Trinajstić information content (AvgIpc) is 2.37. The van der Waals surface area contributed by atoms with E-state index in [9.17, 15) is 0 Å². The molecule has 0 aliphatic carbocycles. The van der Waals surface area contributed by atoms with E-state index in [2.05, 4.69) is 9.97 Å². The van der Waals surface area contributed by atoms with Gasteiger partial charge in [-0.15, -0.1) is 0 Å². The van der Waals surface area contributed by atoms with Gasteiger partial charge in [-0.25, -0.2) is 9.97 Å². The first-order valence-electron chi connectivity index (χ1n) is 5.62. The van der Waals surface area contributed by atoms with Gasteiger partial charge in [0.15, 0.2) is 5.16 Å². The minimum Gasteiger partial charge on any atom is -0.382 e. The molecular formula is C13H13ClN4S. The van der Waals surface area contributed by atoms with Gasteiger partial charge in [-0.3, -0.25) is 5.41 Å². The number of rotatable bonds is 4.